The van der Waals surface area contributed by atoms with Crippen molar-refractivity contribution in [3.63, 3.8) is 0 Å². The van der Waals surface area contributed by atoms with Gasteiger partial charge in [-0.25, -0.2) is 8.42 Å². The van der Waals surface area contributed by atoms with E-state index in [2.05, 4.69) is 20.4 Å². The average molecular weight is 294 g/mol. The molecule has 0 N–H and O–H groups in total. The second-order valence-corrected chi connectivity index (χ2v) is 8.04. The van der Waals surface area contributed by atoms with Crippen molar-refractivity contribution in [3.05, 3.63) is 40.8 Å². The van der Waals surface area contributed by atoms with Gasteiger partial charge in [-0.3, -0.25) is 0 Å². The number of benzene rings is 1. The second kappa shape index (κ2) is 6.13. The predicted octanol–water partition coefficient (Wildman–Crippen LogP) is 4.97. The van der Waals surface area contributed by atoms with E-state index >= 15 is 0 Å². The van der Waals surface area contributed by atoms with Crippen molar-refractivity contribution in [1.82, 2.24) is 0 Å². The lowest BCUT2D eigenvalue weighted by Gasteiger charge is -2.21. The van der Waals surface area contributed by atoms with Gasteiger partial charge in [-0.2, -0.15) is 0 Å². The van der Waals surface area contributed by atoms with Crippen LogP contribution in [-0.2, 0) is 9.84 Å². The minimum atomic E-state index is -3.43. The van der Waals surface area contributed by atoms with Crippen molar-refractivity contribution in [2.45, 2.75) is 64.2 Å². The van der Waals surface area contributed by atoms with Crippen LogP contribution in [0.15, 0.2) is 29.0 Å². The Morgan fingerprint density at radius 3 is 1.55 bits per heavy atom. The molecular formula is C17H26O2S. The maximum Gasteiger partial charge on any atom is 0.199 e. The van der Waals surface area contributed by atoms with Gasteiger partial charge < -0.3 is 0 Å². The van der Waals surface area contributed by atoms with Crippen LogP contribution in [0.2, 0.25) is 0 Å². The first-order valence-corrected chi connectivity index (χ1v) is 8.71. The van der Waals surface area contributed by atoms with Crippen LogP contribution in [-0.4, -0.2) is 8.42 Å². The summed E-state index contributed by atoms with van der Waals surface area (Å²) in [6, 6.07) is 4.08. The molecule has 112 valence electrons. The molecule has 0 heterocycles. The molecule has 1 rings (SSSR count). The van der Waals surface area contributed by atoms with Crippen LogP contribution in [0.1, 0.15) is 76.0 Å². The highest BCUT2D eigenvalue weighted by molar-refractivity contribution is 7.94. The number of hydrogen-bond donors (Lipinski definition) is 0. The van der Waals surface area contributed by atoms with E-state index in [1.807, 2.05) is 39.8 Å². The first-order valence-electron chi connectivity index (χ1n) is 7.17. The topological polar surface area (TPSA) is 34.1 Å². The van der Waals surface area contributed by atoms with Gasteiger partial charge in [0.05, 0.1) is 4.90 Å². The average Bonchev–Trinajstić information content (AvgIpc) is 2.36. The molecule has 1 aromatic carbocycles. The zero-order valence-corrected chi connectivity index (χ0v) is 14.2. The second-order valence-electron chi connectivity index (χ2n) is 6.20. The zero-order valence-electron chi connectivity index (χ0n) is 13.4. The highest BCUT2D eigenvalue weighted by Gasteiger charge is 2.24. The van der Waals surface area contributed by atoms with Gasteiger partial charge in [-0.15, -0.1) is 0 Å². The fourth-order valence-corrected chi connectivity index (χ4v) is 3.71. The van der Waals surface area contributed by atoms with Gasteiger partial charge in [0, 0.05) is 5.41 Å². The summed E-state index contributed by atoms with van der Waals surface area (Å²) in [5.74, 6) is 0.706. The van der Waals surface area contributed by atoms with E-state index in [4.69, 9.17) is 0 Å². The molecule has 0 fully saturated rings. The Labute approximate surface area is 123 Å². The summed E-state index contributed by atoms with van der Waals surface area (Å²) in [6.45, 7) is 15.9. The van der Waals surface area contributed by atoms with Gasteiger partial charge in [0.15, 0.2) is 9.84 Å². The Hall–Kier alpha value is -1.09. The molecule has 0 aliphatic heterocycles. The number of sulfone groups is 1. The Kier molecular flexibility index (Phi) is 5.20. The Bertz CT molecular complexity index is 564. The summed E-state index contributed by atoms with van der Waals surface area (Å²) in [4.78, 5) is 0.460. The van der Waals surface area contributed by atoms with Crippen LogP contribution in [0, 0.1) is 0 Å². The Morgan fingerprint density at radius 1 is 0.900 bits per heavy atom. The van der Waals surface area contributed by atoms with E-state index in [0.29, 0.717) is 10.8 Å². The molecule has 0 radical (unpaired) electrons. The van der Waals surface area contributed by atoms with Crippen molar-refractivity contribution in [2.75, 3.05) is 0 Å². The first kappa shape index (κ1) is 17.0. The lowest BCUT2D eigenvalue weighted by atomic mass is 9.89. The van der Waals surface area contributed by atoms with Gasteiger partial charge in [-0.1, -0.05) is 60.3 Å². The van der Waals surface area contributed by atoms with Crippen molar-refractivity contribution in [3.8, 4) is 0 Å². The highest BCUT2D eigenvalue weighted by Crippen LogP contribution is 2.35. The van der Waals surface area contributed by atoms with Crippen LogP contribution >= 0.6 is 0 Å². The van der Waals surface area contributed by atoms with Gasteiger partial charge in [-0.05, 0) is 34.4 Å². The van der Waals surface area contributed by atoms with E-state index in [0.717, 1.165) is 16.5 Å². The molecule has 3 heteroatoms. The first-order chi connectivity index (χ1) is 9.11. The fraction of sp³-hybridized carbons (Fsp3) is 0.529. The van der Waals surface area contributed by atoms with Gasteiger partial charge in [0.1, 0.15) is 0 Å². The van der Waals surface area contributed by atoms with Crippen LogP contribution < -0.4 is 0 Å². The molecule has 1 aromatic rings. The normalized spacial score (nSPS) is 12.4. The zero-order chi connectivity index (χ0) is 15.7. The van der Waals surface area contributed by atoms with Crippen molar-refractivity contribution >= 4 is 9.84 Å². The van der Waals surface area contributed by atoms with Crippen LogP contribution in [0.4, 0.5) is 0 Å². The molecule has 0 atom stereocenters. The van der Waals surface area contributed by atoms with E-state index in [-0.39, 0.29) is 11.8 Å². The molecule has 0 aromatic heterocycles. The van der Waals surface area contributed by atoms with Crippen LogP contribution in [0.25, 0.3) is 0 Å². The molecule has 0 saturated heterocycles. The summed E-state index contributed by atoms with van der Waals surface area (Å²) in [7, 11) is -3.43. The summed E-state index contributed by atoms with van der Waals surface area (Å²) < 4.78 is 24.8. The van der Waals surface area contributed by atoms with Crippen molar-refractivity contribution in [1.29, 1.82) is 0 Å². The minimum Gasteiger partial charge on any atom is -0.219 e. The molecule has 0 aliphatic carbocycles. The standard InChI is InChI=1S/C17H26O2S/c1-8-20(18,19)17-15(12(4)5)9-14(11(2)3)10-16(17)13(6)7/h8-13H,1H2,2-7H3. The third kappa shape index (κ3) is 3.32. The lowest BCUT2D eigenvalue weighted by molar-refractivity contribution is 0.599. The fourth-order valence-electron chi connectivity index (χ4n) is 2.30. The lowest BCUT2D eigenvalue weighted by Crippen LogP contribution is -2.10. The predicted molar refractivity (Wildman–Crippen MR) is 86.1 cm³/mol. The van der Waals surface area contributed by atoms with Crippen molar-refractivity contribution < 1.29 is 8.42 Å². The molecule has 2 nitrogen and oxygen atoms in total. The summed E-state index contributed by atoms with van der Waals surface area (Å²) >= 11 is 0. The number of hydrogen-bond acceptors (Lipinski definition) is 2. The number of rotatable bonds is 5. The van der Waals surface area contributed by atoms with E-state index in [1.165, 1.54) is 5.56 Å². The van der Waals surface area contributed by atoms with Gasteiger partial charge in [0.2, 0.25) is 0 Å². The highest BCUT2D eigenvalue weighted by atomic mass is 32.2. The maximum atomic E-state index is 12.4. The Balaban J connectivity index is 3.83. The van der Waals surface area contributed by atoms with E-state index in [1.54, 1.807) is 0 Å². The third-order valence-corrected chi connectivity index (χ3v) is 5.06. The molecule has 0 aliphatic rings. The largest absolute Gasteiger partial charge is 0.219 e. The quantitative estimate of drug-likeness (QED) is 0.768. The van der Waals surface area contributed by atoms with Gasteiger partial charge in [0.25, 0.3) is 0 Å². The van der Waals surface area contributed by atoms with Crippen molar-refractivity contribution in [2.24, 2.45) is 0 Å². The molecule has 0 bridgehead atoms. The molecule has 0 saturated carbocycles. The molecule has 0 spiro atoms. The summed E-state index contributed by atoms with van der Waals surface area (Å²) in [5.41, 5.74) is 3.00. The smallest absolute Gasteiger partial charge is 0.199 e. The Morgan fingerprint density at radius 2 is 1.30 bits per heavy atom. The summed E-state index contributed by atoms with van der Waals surface area (Å²) in [5, 5.41) is 1.06. The molecule has 0 unspecified atom stereocenters. The maximum absolute atomic E-state index is 12.4. The SMILES string of the molecule is C=CS(=O)(=O)c1c(C(C)C)cc(C(C)C)cc1C(C)C. The molecule has 20 heavy (non-hydrogen) atoms. The van der Waals surface area contributed by atoms with Crippen LogP contribution in [0.3, 0.4) is 0 Å². The summed E-state index contributed by atoms with van der Waals surface area (Å²) in [6.07, 6.45) is 0. The third-order valence-electron chi connectivity index (χ3n) is 3.58. The minimum absolute atomic E-state index is 0.163. The van der Waals surface area contributed by atoms with Crippen LogP contribution in [0.5, 0.6) is 0 Å². The monoisotopic (exact) mass is 294 g/mol. The van der Waals surface area contributed by atoms with E-state index in [9.17, 15) is 8.42 Å². The molecular weight excluding hydrogens is 268 g/mol. The van der Waals surface area contributed by atoms with E-state index < -0.39 is 9.84 Å². The molecule has 0 amide bonds. The van der Waals surface area contributed by atoms with Gasteiger partial charge >= 0.3 is 0 Å².